The maximum Gasteiger partial charge on any atom is 0.310 e. The molecule has 5 aliphatic carbocycles. The highest BCUT2D eigenvalue weighted by molar-refractivity contribution is 6.01. The largest absolute Gasteiger partial charge is 0.508 e. The average Bonchev–Trinajstić information content (AvgIpc) is 2.97. The molecule has 4 N–H and O–H groups in total. The van der Waals surface area contributed by atoms with Gasteiger partial charge in [0.15, 0.2) is 11.4 Å². The third-order valence-electron chi connectivity index (χ3n) is 15.3. The summed E-state index contributed by atoms with van der Waals surface area (Å²) in [6, 6.07) is 6.51. The lowest BCUT2D eigenvalue weighted by Crippen LogP contribution is -2.72. The summed E-state index contributed by atoms with van der Waals surface area (Å²) in [5.41, 5.74) is -1.97. The van der Waals surface area contributed by atoms with Crippen LogP contribution in [0.4, 0.5) is 0 Å². The molecule has 6 nitrogen and oxygen atoms in total. The SMILES string of the molecule is C[C@H]1[C@H](C)CC[C@]2(C(=O)O)CC[C@]3(C)C(=CC[C@@H]4[C@@]5(C)CC(O)[C@@](O)(C(=O)/C=C/c6ccc(O)cc6)C(C)(C)C5CC[C@]43C)[C@H]12. The highest BCUT2D eigenvalue weighted by atomic mass is 16.4. The molecule has 6 heteroatoms. The minimum atomic E-state index is -1.93. The molecule has 0 amide bonds. The number of benzene rings is 1. The second-order valence-electron chi connectivity index (χ2n) is 17.1. The Kier molecular flexibility index (Phi) is 7.42. The van der Waals surface area contributed by atoms with Gasteiger partial charge in [0.1, 0.15) is 5.75 Å². The van der Waals surface area contributed by atoms with E-state index in [0.29, 0.717) is 24.7 Å². The molecular formula is C39H54O6. The number of aromatic hydroxyl groups is 1. The maximum atomic E-state index is 13.8. The van der Waals surface area contributed by atoms with Crippen LogP contribution >= 0.6 is 0 Å². The summed E-state index contributed by atoms with van der Waals surface area (Å²) in [6.45, 7) is 15.6. The molecule has 4 fully saturated rings. The number of aliphatic carboxylic acids is 1. The van der Waals surface area contributed by atoms with E-state index < -0.39 is 34.3 Å². The summed E-state index contributed by atoms with van der Waals surface area (Å²) >= 11 is 0. The highest BCUT2D eigenvalue weighted by Gasteiger charge is 2.73. The summed E-state index contributed by atoms with van der Waals surface area (Å²) in [4.78, 5) is 26.8. The van der Waals surface area contributed by atoms with Crippen LogP contribution in [0.2, 0.25) is 0 Å². The number of hydrogen-bond donors (Lipinski definition) is 4. The lowest BCUT2D eigenvalue weighted by Gasteiger charge is -2.72. The summed E-state index contributed by atoms with van der Waals surface area (Å²) < 4.78 is 0. The molecule has 5 aliphatic rings. The summed E-state index contributed by atoms with van der Waals surface area (Å²) in [7, 11) is 0. The predicted molar refractivity (Wildman–Crippen MR) is 175 cm³/mol. The quantitative estimate of drug-likeness (QED) is 0.206. The number of carboxylic acids is 1. The van der Waals surface area contributed by atoms with Gasteiger partial charge in [-0.05, 0) is 121 Å². The van der Waals surface area contributed by atoms with E-state index in [0.717, 1.165) is 44.1 Å². The number of fused-ring (bicyclic) bond motifs is 7. The van der Waals surface area contributed by atoms with Crippen LogP contribution in [0.5, 0.6) is 5.75 Å². The van der Waals surface area contributed by atoms with Crippen LogP contribution < -0.4 is 0 Å². The lowest BCUT2D eigenvalue weighted by molar-refractivity contribution is -0.261. The van der Waals surface area contributed by atoms with Gasteiger partial charge in [-0.15, -0.1) is 0 Å². The van der Waals surface area contributed by atoms with Crippen LogP contribution in [-0.4, -0.2) is 43.9 Å². The Morgan fingerprint density at radius 2 is 1.58 bits per heavy atom. The zero-order chi connectivity index (χ0) is 33.0. The molecule has 4 saturated carbocycles. The Hall–Kier alpha value is -2.44. The zero-order valence-corrected chi connectivity index (χ0v) is 28.3. The first-order valence-electron chi connectivity index (χ1n) is 17.3. The fraction of sp³-hybridized carbons (Fsp3) is 0.692. The number of carbonyl (C=O) groups is 2. The number of rotatable bonds is 4. The van der Waals surface area contributed by atoms with Crippen LogP contribution in [0.25, 0.3) is 6.08 Å². The van der Waals surface area contributed by atoms with E-state index >= 15 is 0 Å². The second-order valence-corrected chi connectivity index (χ2v) is 17.1. The fourth-order valence-electron chi connectivity index (χ4n) is 12.3. The number of ketones is 1. The number of hydrogen-bond acceptors (Lipinski definition) is 5. The standard InChI is InChI=1S/C39H54O6/c1-23-16-19-38(33(43)44)21-20-36(6)27(32(38)24(23)2)13-14-29-35(5)22-31(42)39(45,34(3,4)28(35)17-18-37(29,36)7)30(41)15-10-25-8-11-26(40)12-9-25/h8-13,15,23-24,28-29,31-32,40,42,45H,14,16-22H2,1-7H3,(H,43,44)/b15-10+/t23-,24+,28?,29-,31?,32+,35+,36-,37-,38+,39+/m1/s1. The minimum absolute atomic E-state index is 0.0105. The van der Waals surface area contributed by atoms with Crippen molar-refractivity contribution in [2.45, 2.75) is 112 Å². The van der Waals surface area contributed by atoms with Gasteiger partial charge in [-0.25, -0.2) is 0 Å². The second kappa shape index (κ2) is 10.3. The molecule has 0 aromatic heterocycles. The number of aliphatic hydroxyl groups is 2. The third kappa shape index (κ3) is 4.13. The average molecular weight is 619 g/mol. The number of carboxylic acid groups (broad SMARTS) is 1. The van der Waals surface area contributed by atoms with Crippen molar-refractivity contribution in [1.82, 2.24) is 0 Å². The number of allylic oxidation sites excluding steroid dienone is 2. The fourth-order valence-corrected chi connectivity index (χ4v) is 12.3. The van der Waals surface area contributed by atoms with Crippen molar-refractivity contribution in [3.63, 3.8) is 0 Å². The molecule has 0 aliphatic heterocycles. The maximum absolute atomic E-state index is 13.8. The van der Waals surface area contributed by atoms with Crippen molar-refractivity contribution >= 4 is 17.8 Å². The summed E-state index contributed by atoms with van der Waals surface area (Å²) in [5, 5.41) is 44.3. The van der Waals surface area contributed by atoms with E-state index in [4.69, 9.17) is 0 Å². The van der Waals surface area contributed by atoms with E-state index in [2.05, 4.69) is 40.7 Å². The number of phenolic OH excluding ortho intramolecular Hbond substituents is 1. The third-order valence-corrected chi connectivity index (χ3v) is 15.3. The molecule has 45 heavy (non-hydrogen) atoms. The first kappa shape index (κ1) is 32.5. The molecule has 1 aromatic rings. The highest BCUT2D eigenvalue weighted by Crippen LogP contribution is 2.76. The summed E-state index contributed by atoms with van der Waals surface area (Å²) in [5.74, 6) is 0.0915. The topological polar surface area (TPSA) is 115 Å². The molecule has 0 heterocycles. The van der Waals surface area contributed by atoms with E-state index in [9.17, 15) is 30.0 Å². The predicted octanol–water partition coefficient (Wildman–Crippen LogP) is 7.42. The van der Waals surface area contributed by atoms with Crippen molar-refractivity contribution < 1.29 is 30.0 Å². The van der Waals surface area contributed by atoms with Gasteiger partial charge in [0.25, 0.3) is 0 Å². The Labute approximate surface area is 269 Å². The Balaban J connectivity index is 1.37. The monoisotopic (exact) mass is 618 g/mol. The van der Waals surface area contributed by atoms with Crippen LogP contribution in [0.3, 0.4) is 0 Å². The van der Waals surface area contributed by atoms with Gasteiger partial charge in [-0.3, -0.25) is 9.59 Å². The number of aliphatic hydroxyl groups excluding tert-OH is 1. The molecule has 0 spiro atoms. The number of phenols is 1. The van der Waals surface area contributed by atoms with E-state index in [1.165, 1.54) is 11.6 Å². The molecule has 11 atom stereocenters. The normalized spacial score (nSPS) is 47.1. The molecule has 0 bridgehead atoms. The molecule has 0 saturated heterocycles. The van der Waals surface area contributed by atoms with E-state index in [1.54, 1.807) is 30.3 Å². The molecule has 246 valence electrons. The van der Waals surface area contributed by atoms with Crippen molar-refractivity contribution in [3.05, 3.63) is 47.6 Å². The van der Waals surface area contributed by atoms with E-state index in [-0.39, 0.29) is 39.7 Å². The minimum Gasteiger partial charge on any atom is -0.508 e. The van der Waals surface area contributed by atoms with Crippen molar-refractivity contribution in [2.24, 2.45) is 56.7 Å². The van der Waals surface area contributed by atoms with Crippen molar-refractivity contribution in [1.29, 1.82) is 0 Å². The Bertz CT molecular complexity index is 1440. The van der Waals surface area contributed by atoms with Gasteiger partial charge >= 0.3 is 5.97 Å². The van der Waals surface area contributed by atoms with Gasteiger partial charge in [0, 0.05) is 5.41 Å². The van der Waals surface area contributed by atoms with Gasteiger partial charge in [0.2, 0.25) is 0 Å². The van der Waals surface area contributed by atoms with Crippen molar-refractivity contribution in [2.75, 3.05) is 0 Å². The van der Waals surface area contributed by atoms with Gasteiger partial charge < -0.3 is 20.4 Å². The molecule has 1 aromatic carbocycles. The molecule has 6 rings (SSSR count). The Morgan fingerprint density at radius 3 is 2.22 bits per heavy atom. The van der Waals surface area contributed by atoms with Crippen LogP contribution in [0, 0.1) is 56.7 Å². The van der Waals surface area contributed by atoms with Crippen LogP contribution in [-0.2, 0) is 9.59 Å². The van der Waals surface area contributed by atoms with Gasteiger partial charge in [0.05, 0.1) is 11.5 Å². The van der Waals surface area contributed by atoms with Crippen LogP contribution in [0.1, 0.15) is 105 Å². The van der Waals surface area contributed by atoms with E-state index in [1.807, 2.05) is 13.8 Å². The first-order chi connectivity index (χ1) is 20.9. The zero-order valence-electron chi connectivity index (χ0n) is 28.3. The smallest absolute Gasteiger partial charge is 0.310 e. The van der Waals surface area contributed by atoms with Gasteiger partial charge in [-0.2, -0.15) is 0 Å². The molecule has 2 unspecified atom stereocenters. The molecule has 0 radical (unpaired) electrons. The van der Waals surface area contributed by atoms with Crippen LogP contribution in [0.15, 0.2) is 42.0 Å². The van der Waals surface area contributed by atoms with Crippen molar-refractivity contribution in [3.8, 4) is 5.75 Å². The van der Waals surface area contributed by atoms with Gasteiger partial charge in [-0.1, -0.05) is 78.3 Å². The lowest BCUT2D eigenvalue weighted by atomic mass is 9.32. The number of carbonyl (C=O) groups excluding carboxylic acids is 1. The first-order valence-corrected chi connectivity index (χ1v) is 17.3. The molecular weight excluding hydrogens is 564 g/mol. The summed E-state index contributed by atoms with van der Waals surface area (Å²) in [6.07, 6.45) is 10.4. The Morgan fingerprint density at radius 1 is 0.911 bits per heavy atom.